The molecule has 3 rings (SSSR count). The second kappa shape index (κ2) is 5.16. The van der Waals surface area contributed by atoms with E-state index >= 15 is 0 Å². The van der Waals surface area contributed by atoms with Crippen molar-refractivity contribution >= 4 is 11.6 Å². The predicted molar refractivity (Wildman–Crippen MR) is 74.9 cm³/mol. The highest BCUT2D eigenvalue weighted by molar-refractivity contribution is 6.31. The van der Waals surface area contributed by atoms with Crippen molar-refractivity contribution in [3.63, 3.8) is 0 Å². The lowest BCUT2D eigenvalue weighted by atomic mass is 10.1. The van der Waals surface area contributed by atoms with E-state index in [0.717, 1.165) is 5.69 Å². The number of nitriles is 1. The Hall–Kier alpha value is -2.64. The average molecular weight is 282 g/mol. The van der Waals surface area contributed by atoms with Crippen LogP contribution in [-0.4, -0.2) is 9.97 Å². The van der Waals surface area contributed by atoms with Crippen LogP contribution in [0.25, 0.3) is 22.8 Å². The van der Waals surface area contributed by atoms with E-state index in [1.807, 2.05) is 18.2 Å². The van der Waals surface area contributed by atoms with Crippen LogP contribution in [0.4, 0.5) is 0 Å². The minimum absolute atomic E-state index is 0.407. The lowest BCUT2D eigenvalue weighted by Crippen LogP contribution is -1.84. The summed E-state index contributed by atoms with van der Waals surface area (Å²) >= 11 is 5.97. The third kappa shape index (κ3) is 2.40. The number of hydrogen-bond acceptors (Lipinski definition) is 4. The van der Waals surface area contributed by atoms with Crippen molar-refractivity contribution in [2.75, 3.05) is 0 Å². The van der Waals surface area contributed by atoms with E-state index < -0.39 is 0 Å². The summed E-state index contributed by atoms with van der Waals surface area (Å²) in [5.41, 5.74) is 2.49. The largest absolute Gasteiger partial charge is 0.444 e. The van der Waals surface area contributed by atoms with Gasteiger partial charge in [0.15, 0.2) is 0 Å². The highest BCUT2D eigenvalue weighted by atomic mass is 35.5. The summed E-state index contributed by atoms with van der Waals surface area (Å²) in [5, 5.41) is 9.42. The molecule has 5 heteroatoms. The summed E-state index contributed by atoms with van der Waals surface area (Å²) in [6.07, 6.45) is 3.22. The standard InChI is InChI=1S/C15H8ClN3O/c16-12-6-10(8-17)5-11(7-12)15-19-14(9-20-15)13-3-1-2-4-18-13/h1-7,9H. The normalized spacial score (nSPS) is 10.2. The molecule has 0 amide bonds. The van der Waals surface area contributed by atoms with E-state index in [-0.39, 0.29) is 0 Å². The van der Waals surface area contributed by atoms with E-state index in [2.05, 4.69) is 16.0 Å². The third-order valence-corrected chi connectivity index (χ3v) is 2.92. The van der Waals surface area contributed by atoms with Gasteiger partial charge < -0.3 is 4.42 Å². The molecule has 2 heterocycles. The van der Waals surface area contributed by atoms with E-state index in [4.69, 9.17) is 21.3 Å². The molecule has 96 valence electrons. The molecule has 1 aromatic carbocycles. The molecule has 0 spiro atoms. The second-order valence-electron chi connectivity index (χ2n) is 4.09. The Labute approximate surface area is 120 Å². The zero-order valence-corrected chi connectivity index (χ0v) is 11.0. The van der Waals surface area contributed by atoms with Gasteiger partial charge in [-0.25, -0.2) is 4.98 Å². The van der Waals surface area contributed by atoms with Crippen LogP contribution in [-0.2, 0) is 0 Å². The summed E-state index contributed by atoms with van der Waals surface area (Å²) in [6, 6.07) is 12.6. The monoisotopic (exact) mass is 281 g/mol. The number of rotatable bonds is 2. The number of hydrogen-bond donors (Lipinski definition) is 0. The zero-order valence-electron chi connectivity index (χ0n) is 10.2. The van der Waals surface area contributed by atoms with Gasteiger partial charge in [0.2, 0.25) is 5.89 Å². The van der Waals surface area contributed by atoms with E-state index in [9.17, 15) is 0 Å². The van der Waals surface area contributed by atoms with Crippen molar-refractivity contribution in [2.45, 2.75) is 0 Å². The van der Waals surface area contributed by atoms with Crippen molar-refractivity contribution in [3.8, 4) is 28.9 Å². The summed E-state index contributed by atoms with van der Waals surface area (Å²) in [5.74, 6) is 0.407. The Balaban J connectivity index is 2.03. The summed E-state index contributed by atoms with van der Waals surface area (Å²) in [6.45, 7) is 0. The van der Waals surface area contributed by atoms with Crippen LogP contribution in [0.15, 0.2) is 53.3 Å². The maximum absolute atomic E-state index is 8.95. The molecule has 0 saturated heterocycles. The van der Waals surface area contributed by atoms with Gasteiger partial charge in [0.25, 0.3) is 0 Å². The van der Waals surface area contributed by atoms with Gasteiger partial charge in [-0.2, -0.15) is 5.26 Å². The van der Waals surface area contributed by atoms with E-state index in [1.54, 1.807) is 24.4 Å². The van der Waals surface area contributed by atoms with Crippen LogP contribution in [0.3, 0.4) is 0 Å². The molecule has 0 aliphatic carbocycles. The topological polar surface area (TPSA) is 62.7 Å². The molecule has 20 heavy (non-hydrogen) atoms. The van der Waals surface area contributed by atoms with Gasteiger partial charge in [0.1, 0.15) is 12.0 Å². The Morgan fingerprint density at radius 2 is 2.05 bits per heavy atom. The fraction of sp³-hybridized carbons (Fsp3) is 0. The second-order valence-corrected chi connectivity index (χ2v) is 4.53. The van der Waals surface area contributed by atoms with Gasteiger partial charge in [-0.3, -0.25) is 4.98 Å². The molecule has 0 aliphatic heterocycles. The molecule has 3 aromatic rings. The lowest BCUT2D eigenvalue weighted by molar-refractivity contribution is 0.575. The van der Waals surface area contributed by atoms with Crippen LogP contribution in [0, 0.1) is 11.3 Å². The molecule has 0 saturated carbocycles. The van der Waals surface area contributed by atoms with Gasteiger partial charge in [-0.1, -0.05) is 17.7 Å². The molecule has 0 aliphatic rings. The van der Waals surface area contributed by atoms with Gasteiger partial charge in [-0.15, -0.1) is 0 Å². The molecular formula is C15H8ClN3O. The number of pyridine rings is 1. The molecule has 0 fully saturated rings. The molecule has 0 bridgehead atoms. The van der Waals surface area contributed by atoms with Crippen LogP contribution in [0.5, 0.6) is 0 Å². The average Bonchev–Trinajstić information content (AvgIpc) is 2.97. The predicted octanol–water partition coefficient (Wildman–Crippen LogP) is 3.93. The number of oxazole rings is 1. The van der Waals surface area contributed by atoms with Crippen molar-refractivity contribution in [3.05, 3.63) is 59.4 Å². The fourth-order valence-electron chi connectivity index (χ4n) is 1.82. The first-order valence-corrected chi connectivity index (χ1v) is 6.22. The third-order valence-electron chi connectivity index (χ3n) is 2.71. The number of nitrogens with zero attached hydrogens (tertiary/aromatic N) is 3. The van der Waals surface area contributed by atoms with Gasteiger partial charge in [-0.05, 0) is 30.3 Å². The van der Waals surface area contributed by atoms with Gasteiger partial charge in [0, 0.05) is 16.8 Å². The van der Waals surface area contributed by atoms with Crippen molar-refractivity contribution in [1.82, 2.24) is 9.97 Å². The molecular weight excluding hydrogens is 274 g/mol. The number of halogens is 1. The van der Waals surface area contributed by atoms with Gasteiger partial charge in [0.05, 0.1) is 17.3 Å². The van der Waals surface area contributed by atoms with Crippen LogP contribution in [0.1, 0.15) is 5.56 Å². The quantitative estimate of drug-likeness (QED) is 0.714. The highest BCUT2D eigenvalue weighted by Gasteiger charge is 2.10. The Morgan fingerprint density at radius 1 is 1.15 bits per heavy atom. The lowest BCUT2D eigenvalue weighted by Gasteiger charge is -1.97. The molecule has 0 N–H and O–H groups in total. The molecule has 0 unspecified atom stereocenters. The van der Waals surface area contributed by atoms with E-state index in [0.29, 0.717) is 27.7 Å². The van der Waals surface area contributed by atoms with E-state index in [1.165, 1.54) is 6.26 Å². The van der Waals surface area contributed by atoms with Crippen molar-refractivity contribution in [1.29, 1.82) is 5.26 Å². The molecule has 0 atom stereocenters. The Kier molecular flexibility index (Phi) is 3.20. The fourth-order valence-corrected chi connectivity index (χ4v) is 2.05. The number of benzene rings is 1. The molecule has 0 radical (unpaired) electrons. The Morgan fingerprint density at radius 3 is 2.80 bits per heavy atom. The zero-order chi connectivity index (χ0) is 13.9. The van der Waals surface area contributed by atoms with Crippen LogP contribution >= 0.6 is 11.6 Å². The summed E-state index contributed by atoms with van der Waals surface area (Å²) in [4.78, 5) is 8.58. The first-order chi connectivity index (χ1) is 9.76. The summed E-state index contributed by atoms with van der Waals surface area (Å²) in [7, 11) is 0. The molecule has 4 nitrogen and oxygen atoms in total. The van der Waals surface area contributed by atoms with Crippen LogP contribution in [0.2, 0.25) is 5.02 Å². The first kappa shape index (κ1) is 12.4. The van der Waals surface area contributed by atoms with Crippen molar-refractivity contribution in [2.24, 2.45) is 0 Å². The number of aromatic nitrogens is 2. The van der Waals surface area contributed by atoms with Crippen molar-refractivity contribution < 1.29 is 4.42 Å². The maximum Gasteiger partial charge on any atom is 0.226 e. The van der Waals surface area contributed by atoms with Crippen LogP contribution < -0.4 is 0 Å². The summed E-state index contributed by atoms with van der Waals surface area (Å²) < 4.78 is 5.44. The first-order valence-electron chi connectivity index (χ1n) is 5.84. The smallest absolute Gasteiger partial charge is 0.226 e. The minimum Gasteiger partial charge on any atom is -0.444 e. The highest BCUT2D eigenvalue weighted by Crippen LogP contribution is 2.26. The Bertz CT molecular complexity index is 790. The SMILES string of the molecule is N#Cc1cc(Cl)cc(-c2nc(-c3ccccn3)co2)c1. The van der Waals surface area contributed by atoms with Gasteiger partial charge >= 0.3 is 0 Å². The minimum atomic E-state index is 0.407. The molecule has 2 aromatic heterocycles. The maximum atomic E-state index is 8.95.